The van der Waals surface area contributed by atoms with Crippen molar-refractivity contribution in [3.63, 3.8) is 0 Å². The van der Waals surface area contributed by atoms with E-state index in [4.69, 9.17) is 0 Å². The largest absolute Gasteiger partial charge is 0.346 e. The number of nitrogens with zero attached hydrogens (tertiary/aromatic N) is 5. The fourth-order valence-electron chi connectivity index (χ4n) is 3.03. The molecule has 0 N–H and O–H groups in total. The summed E-state index contributed by atoms with van der Waals surface area (Å²) in [5.41, 5.74) is 2.13. The van der Waals surface area contributed by atoms with Crippen LogP contribution >= 0.6 is 15.9 Å². The van der Waals surface area contributed by atoms with Gasteiger partial charge in [0.05, 0.1) is 6.04 Å². The van der Waals surface area contributed by atoms with Crippen LogP contribution in [0.25, 0.3) is 5.65 Å². The summed E-state index contributed by atoms with van der Waals surface area (Å²) in [4.78, 5) is 6.89. The van der Waals surface area contributed by atoms with Gasteiger partial charge in [-0.25, -0.2) is 4.98 Å². The minimum absolute atomic E-state index is 0.345. The molecular weight excluding hydrogens is 330 g/mol. The molecule has 0 aliphatic carbocycles. The number of benzene rings is 1. The molecule has 0 spiro atoms. The number of halogens is 1. The van der Waals surface area contributed by atoms with Crippen LogP contribution in [0.4, 0.5) is 5.82 Å². The molecule has 1 aliphatic rings. The maximum absolute atomic E-state index is 4.55. The lowest BCUT2D eigenvalue weighted by Crippen LogP contribution is -2.24. The number of anilines is 1. The maximum atomic E-state index is 4.55. The Morgan fingerprint density at radius 1 is 1.29 bits per heavy atom. The third-order valence-corrected chi connectivity index (χ3v) is 4.45. The number of rotatable bonds is 2. The molecule has 1 saturated heterocycles. The van der Waals surface area contributed by atoms with Gasteiger partial charge in [0.25, 0.3) is 0 Å². The second-order valence-corrected chi connectivity index (χ2v) is 6.13. The van der Waals surface area contributed by atoms with Crippen LogP contribution in [0.3, 0.4) is 0 Å². The molecule has 0 bridgehead atoms. The summed E-state index contributed by atoms with van der Waals surface area (Å²) in [7, 11) is 0. The van der Waals surface area contributed by atoms with Gasteiger partial charge < -0.3 is 4.90 Å². The quantitative estimate of drug-likeness (QED) is 0.716. The summed E-state index contributed by atoms with van der Waals surface area (Å²) < 4.78 is 3.03. The van der Waals surface area contributed by atoms with Crippen molar-refractivity contribution in [3.8, 4) is 0 Å². The standard InChI is InChI=1S/C15H14BrN5/c16-12-4-1-3-11(9-12)13-5-2-7-21(13)14-15-19-18-10-20(15)8-6-17-14/h1,3-4,6,8-10,13H,2,5,7H2. The monoisotopic (exact) mass is 343 g/mol. The third-order valence-electron chi connectivity index (χ3n) is 3.96. The lowest BCUT2D eigenvalue weighted by molar-refractivity contribution is 0.711. The number of hydrogen-bond donors (Lipinski definition) is 0. The van der Waals surface area contributed by atoms with Crippen molar-refractivity contribution < 1.29 is 0 Å². The second kappa shape index (κ2) is 5.11. The fraction of sp³-hybridized carbons (Fsp3) is 0.267. The smallest absolute Gasteiger partial charge is 0.203 e. The van der Waals surface area contributed by atoms with Crippen molar-refractivity contribution >= 4 is 27.4 Å². The predicted molar refractivity (Wildman–Crippen MR) is 84.2 cm³/mol. The molecule has 3 heterocycles. The van der Waals surface area contributed by atoms with Gasteiger partial charge in [0.2, 0.25) is 5.65 Å². The lowest BCUT2D eigenvalue weighted by atomic mass is 10.0. The molecule has 2 aromatic heterocycles. The van der Waals surface area contributed by atoms with Gasteiger partial charge in [0.15, 0.2) is 5.82 Å². The van der Waals surface area contributed by atoms with Crippen molar-refractivity contribution in [2.24, 2.45) is 0 Å². The molecule has 0 saturated carbocycles. The SMILES string of the molecule is Brc1cccc(C2CCCN2c2nccn3cnnc23)c1. The molecule has 1 fully saturated rings. The molecule has 3 aromatic rings. The Labute approximate surface area is 130 Å². The van der Waals surface area contributed by atoms with E-state index in [1.807, 2.05) is 16.8 Å². The average molecular weight is 344 g/mol. The summed E-state index contributed by atoms with van der Waals surface area (Å²) in [6.07, 6.45) is 7.69. The van der Waals surface area contributed by atoms with Crippen LogP contribution in [-0.4, -0.2) is 26.1 Å². The van der Waals surface area contributed by atoms with Gasteiger partial charge in [0, 0.05) is 23.4 Å². The molecule has 21 heavy (non-hydrogen) atoms. The molecule has 0 amide bonds. The van der Waals surface area contributed by atoms with E-state index >= 15 is 0 Å². The predicted octanol–water partition coefficient (Wildman–Crippen LogP) is 3.23. The first-order valence-corrected chi connectivity index (χ1v) is 7.79. The molecule has 1 aromatic carbocycles. The molecule has 1 atom stereocenters. The normalized spacial score (nSPS) is 18.5. The average Bonchev–Trinajstić information content (AvgIpc) is 3.16. The zero-order valence-electron chi connectivity index (χ0n) is 11.4. The minimum atomic E-state index is 0.345. The molecule has 4 rings (SSSR count). The van der Waals surface area contributed by atoms with Crippen LogP contribution in [-0.2, 0) is 0 Å². The van der Waals surface area contributed by atoms with E-state index in [2.05, 4.69) is 60.3 Å². The van der Waals surface area contributed by atoms with Gasteiger partial charge in [-0.3, -0.25) is 4.40 Å². The molecular formula is C15H14BrN5. The van der Waals surface area contributed by atoms with Crippen LogP contribution < -0.4 is 4.90 Å². The van der Waals surface area contributed by atoms with Gasteiger partial charge in [-0.15, -0.1) is 10.2 Å². The van der Waals surface area contributed by atoms with Crippen molar-refractivity contribution in [1.82, 2.24) is 19.6 Å². The van der Waals surface area contributed by atoms with Gasteiger partial charge in [-0.1, -0.05) is 28.1 Å². The zero-order valence-corrected chi connectivity index (χ0v) is 12.9. The van der Waals surface area contributed by atoms with E-state index in [0.717, 1.165) is 35.3 Å². The molecule has 1 unspecified atom stereocenters. The first kappa shape index (κ1) is 12.8. The van der Waals surface area contributed by atoms with Crippen LogP contribution in [0.1, 0.15) is 24.4 Å². The van der Waals surface area contributed by atoms with Gasteiger partial charge >= 0.3 is 0 Å². The topological polar surface area (TPSA) is 46.3 Å². The molecule has 6 heteroatoms. The first-order chi connectivity index (χ1) is 10.3. The maximum Gasteiger partial charge on any atom is 0.203 e. The zero-order chi connectivity index (χ0) is 14.2. The summed E-state index contributed by atoms with van der Waals surface area (Å²) in [6.45, 7) is 0.997. The summed E-state index contributed by atoms with van der Waals surface area (Å²) in [5.74, 6) is 0.914. The fourth-order valence-corrected chi connectivity index (χ4v) is 3.45. The molecule has 106 valence electrons. The van der Waals surface area contributed by atoms with Crippen molar-refractivity contribution in [2.45, 2.75) is 18.9 Å². The Balaban J connectivity index is 1.78. The van der Waals surface area contributed by atoms with E-state index in [1.165, 1.54) is 5.56 Å². The Morgan fingerprint density at radius 3 is 3.14 bits per heavy atom. The molecule has 1 aliphatic heterocycles. The first-order valence-electron chi connectivity index (χ1n) is 6.99. The number of hydrogen-bond acceptors (Lipinski definition) is 4. The van der Waals surface area contributed by atoms with E-state index in [0.29, 0.717) is 6.04 Å². The molecule has 5 nitrogen and oxygen atoms in total. The summed E-state index contributed by atoms with van der Waals surface area (Å²) in [5, 5.41) is 8.19. The van der Waals surface area contributed by atoms with Crippen LogP contribution in [0.2, 0.25) is 0 Å². The summed E-state index contributed by atoms with van der Waals surface area (Å²) in [6, 6.07) is 8.85. The van der Waals surface area contributed by atoms with E-state index in [1.54, 1.807) is 6.33 Å². The Morgan fingerprint density at radius 2 is 2.24 bits per heavy atom. The highest BCUT2D eigenvalue weighted by Gasteiger charge is 2.29. The van der Waals surface area contributed by atoms with Crippen LogP contribution in [0.15, 0.2) is 47.5 Å². The Hall–Kier alpha value is -1.95. The van der Waals surface area contributed by atoms with E-state index < -0.39 is 0 Å². The van der Waals surface area contributed by atoms with Crippen molar-refractivity contribution in [1.29, 1.82) is 0 Å². The highest BCUT2D eigenvalue weighted by Crippen LogP contribution is 2.36. The van der Waals surface area contributed by atoms with Gasteiger partial charge in [-0.05, 0) is 30.5 Å². The van der Waals surface area contributed by atoms with Crippen LogP contribution in [0.5, 0.6) is 0 Å². The minimum Gasteiger partial charge on any atom is -0.346 e. The van der Waals surface area contributed by atoms with Gasteiger partial charge in [0.1, 0.15) is 6.33 Å². The van der Waals surface area contributed by atoms with Crippen molar-refractivity contribution in [2.75, 3.05) is 11.4 Å². The van der Waals surface area contributed by atoms with Gasteiger partial charge in [-0.2, -0.15) is 0 Å². The highest BCUT2D eigenvalue weighted by atomic mass is 79.9. The third kappa shape index (κ3) is 2.19. The van der Waals surface area contributed by atoms with Crippen molar-refractivity contribution in [3.05, 3.63) is 53.0 Å². The Bertz CT molecular complexity index is 784. The Kier molecular flexibility index (Phi) is 3.11. The lowest BCUT2D eigenvalue weighted by Gasteiger charge is -2.26. The van der Waals surface area contributed by atoms with Crippen LogP contribution in [0, 0.1) is 0 Å². The van der Waals surface area contributed by atoms with E-state index in [9.17, 15) is 0 Å². The molecule has 0 radical (unpaired) electrons. The number of aromatic nitrogens is 4. The van der Waals surface area contributed by atoms with E-state index in [-0.39, 0.29) is 0 Å². The summed E-state index contributed by atoms with van der Waals surface area (Å²) >= 11 is 3.56. The second-order valence-electron chi connectivity index (χ2n) is 5.22. The highest BCUT2D eigenvalue weighted by molar-refractivity contribution is 9.10. The number of fused-ring (bicyclic) bond motifs is 1.